The van der Waals surface area contributed by atoms with Gasteiger partial charge in [0, 0.05) is 12.3 Å². The first-order chi connectivity index (χ1) is 16.3. The fraction of sp³-hybridized carbons (Fsp3) is 0.273. The van der Waals surface area contributed by atoms with Gasteiger partial charge in [0.25, 0.3) is 0 Å². The van der Waals surface area contributed by atoms with E-state index in [0.717, 1.165) is 6.26 Å². The topological polar surface area (TPSA) is 118 Å². The van der Waals surface area contributed by atoms with Crippen molar-refractivity contribution in [1.82, 2.24) is 24.5 Å². The number of para-hydroxylation sites is 1. The highest BCUT2D eigenvalue weighted by Crippen LogP contribution is 2.38. The maximum absolute atomic E-state index is 12.0. The van der Waals surface area contributed by atoms with Gasteiger partial charge in [0.15, 0.2) is 32.1 Å². The Labute approximate surface area is 201 Å². The molecule has 4 aromatic rings. The molecule has 0 unspecified atom stereocenters. The zero-order valence-corrected chi connectivity index (χ0v) is 20.5. The first kappa shape index (κ1) is 23.7. The van der Waals surface area contributed by atoms with Gasteiger partial charge in [-0.2, -0.15) is 0 Å². The highest BCUT2D eigenvalue weighted by atomic mass is 35.5. The molecule has 0 aliphatic carbocycles. The molecule has 10 nitrogen and oxygen atoms in total. The van der Waals surface area contributed by atoms with E-state index in [0.29, 0.717) is 41.2 Å². The first-order valence-electron chi connectivity index (χ1n) is 10.2. The van der Waals surface area contributed by atoms with Crippen molar-refractivity contribution in [2.75, 3.05) is 27.1 Å². The van der Waals surface area contributed by atoms with Crippen molar-refractivity contribution < 1.29 is 22.6 Å². The molecular formula is C22H22ClN5O5S. The largest absolute Gasteiger partial charge is 0.494 e. The molecule has 0 bridgehead atoms. The number of rotatable bonds is 8. The quantitative estimate of drug-likeness (QED) is 0.356. The van der Waals surface area contributed by atoms with Crippen LogP contribution in [0.1, 0.15) is 12.6 Å². The van der Waals surface area contributed by atoms with Gasteiger partial charge >= 0.3 is 0 Å². The minimum absolute atomic E-state index is 0.0443. The maximum Gasteiger partial charge on any atom is 0.213 e. The third-order valence-electron chi connectivity index (χ3n) is 4.79. The molecule has 0 N–H and O–H groups in total. The van der Waals surface area contributed by atoms with Crippen LogP contribution in [0.3, 0.4) is 0 Å². The Balaban J connectivity index is 2.10. The summed E-state index contributed by atoms with van der Waals surface area (Å²) in [6, 6.07) is 10.6. The lowest BCUT2D eigenvalue weighted by molar-refractivity contribution is 0.327. The summed E-state index contributed by atoms with van der Waals surface area (Å²) in [5.74, 6) is 1.36. The van der Waals surface area contributed by atoms with E-state index in [1.165, 1.54) is 14.2 Å². The van der Waals surface area contributed by atoms with Crippen molar-refractivity contribution in [3.05, 3.63) is 47.2 Å². The monoisotopic (exact) mass is 503 g/mol. The van der Waals surface area contributed by atoms with Crippen LogP contribution in [-0.4, -0.2) is 60.0 Å². The molecule has 0 amide bonds. The maximum atomic E-state index is 12.0. The minimum Gasteiger partial charge on any atom is -0.494 e. The van der Waals surface area contributed by atoms with Crippen LogP contribution in [-0.2, 0) is 15.6 Å². The van der Waals surface area contributed by atoms with Gasteiger partial charge in [0.05, 0.1) is 32.3 Å². The highest BCUT2D eigenvalue weighted by molar-refractivity contribution is 7.89. The zero-order valence-electron chi connectivity index (χ0n) is 18.9. The van der Waals surface area contributed by atoms with E-state index in [2.05, 4.69) is 19.9 Å². The van der Waals surface area contributed by atoms with Gasteiger partial charge in [-0.25, -0.2) is 28.4 Å². The fourth-order valence-electron chi connectivity index (χ4n) is 3.45. The summed E-state index contributed by atoms with van der Waals surface area (Å²) in [6.07, 6.45) is 1.10. The van der Waals surface area contributed by atoms with Gasteiger partial charge in [-0.05, 0) is 25.1 Å². The second-order valence-corrected chi connectivity index (χ2v) is 9.75. The smallest absolute Gasteiger partial charge is 0.213 e. The summed E-state index contributed by atoms with van der Waals surface area (Å²) in [4.78, 5) is 18.1. The third kappa shape index (κ3) is 4.62. The van der Waals surface area contributed by atoms with Crippen molar-refractivity contribution in [2.24, 2.45) is 0 Å². The minimum atomic E-state index is -3.42. The van der Waals surface area contributed by atoms with Crippen LogP contribution in [0.4, 0.5) is 0 Å². The first-order valence-corrected chi connectivity index (χ1v) is 12.6. The molecule has 12 heteroatoms. The number of halogens is 1. The molecule has 0 aliphatic heterocycles. The molecule has 3 heterocycles. The molecule has 0 radical (unpaired) electrons. The Morgan fingerprint density at radius 3 is 2.26 bits per heavy atom. The van der Waals surface area contributed by atoms with Gasteiger partial charge in [-0.3, -0.25) is 4.57 Å². The number of sulfone groups is 1. The molecule has 0 aliphatic rings. The van der Waals surface area contributed by atoms with E-state index in [1.807, 2.05) is 6.92 Å². The van der Waals surface area contributed by atoms with E-state index in [4.69, 9.17) is 25.8 Å². The Morgan fingerprint density at radius 1 is 0.971 bits per heavy atom. The summed E-state index contributed by atoms with van der Waals surface area (Å²) in [6.45, 7) is 2.31. The van der Waals surface area contributed by atoms with Gasteiger partial charge < -0.3 is 14.2 Å². The summed E-state index contributed by atoms with van der Waals surface area (Å²) >= 11 is 6.27. The summed E-state index contributed by atoms with van der Waals surface area (Å²) in [5.41, 5.74) is 1.54. The molecule has 1 aromatic carbocycles. The molecule has 3 aromatic heterocycles. The average molecular weight is 504 g/mol. The number of benzene rings is 1. The number of pyridine rings is 1. The summed E-state index contributed by atoms with van der Waals surface area (Å²) < 4.78 is 42.3. The molecule has 0 atom stereocenters. The number of hydrogen-bond acceptors (Lipinski definition) is 9. The molecule has 0 spiro atoms. The summed E-state index contributed by atoms with van der Waals surface area (Å²) in [7, 11) is -0.363. The predicted molar refractivity (Wildman–Crippen MR) is 128 cm³/mol. The Kier molecular flexibility index (Phi) is 6.58. The molecule has 4 rings (SSSR count). The Morgan fingerprint density at radius 2 is 1.65 bits per heavy atom. The van der Waals surface area contributed by atoms with Crippen LogP contribution in [0, 0.1) is 0 Å². The highest BCUT2D eigenvalue weighted by Gasteiger charge is 2.25. The normalized spacial score (nSPS) is 11.6. The Hall–Kier alpha value is -3.44. The lowest BCUT2D eigenvalue weighted by Gasteiger charge is -2.16. The fourth-order valence-corrected chi connectivity index (χ4v) is 4.42. The number of nitrogens with zero attached hydrogens (tertiary/aromatic N) is 5. The molecule has 178 valence electrons. The van der Waals surface area contributed by atoms with Crippen LogP contribution in [0.5, 0.6) is 17.4 Å². The van der Waals surface area contributed by atoms with E-state index in [9.17, 15) is 8.42 Å². The van der Waals surface area contributed by atoms with Crippen molar-refractivity contribution in [2.45, 2.75) is 12.7 Å². The lowest BCUT2D eigenvalue weighted by Crippen LogP contribution is -2.08. The predicted octanol–water partition coefficient (Wildman–Crippen LogP) is 3.49. The standard InChI is InChI=1S/C22H22ClN5O5S/c1-5-33-17-11-6-8-13(24-17)21-27-20-22(25-14(19(23)26-20)12-34(4,29)30)28(21)18-15(31-2)9-7-10-16(18)32-3/h6-11H,5,12H2,1-4H3. The van der Waals surface area contributed by atoms with Crippen LogP contribution in [0.25, 0.3) is 28.5 Å². The van der Waals surface area contributed by atoms with E-state index in [1.54, 1.807) is 41.0 Å². The van der Waals surface area contributed by atoms with E-state index < -0.39 is 9.84 Å². The van der Waals surface area contributed by atoms with Crippen molar-refractivity contribution in [3.63, 3.8) is 0 Å². The Bertz CT molecular complexity index is 1450. The van der Waals surface area contributed by atoms with Crippen LogP contribution in [0.2, 0.25) is 5.15 Å². The number of methoxy groups -OCH3 is 2. The lowest BCUT2D eigenvalue weighted by atomic mass is 10.2. The van der Waals surface area contributed by atoms with Gasteiger partial charge in [0.1, 0.15) is 22.9 Å². The molecular weight excluding hydrogens is 482 g/mol. The van der Waals surface area contributed by atoms with Crippen molar-refractivity contribution in [1.29, 1.82) is 0 Å². The average Bonchev–Trinajstić information content (AvgIpc) is 3.15. The zero-order chi connectivity index (χ0) is 24.5. The SMILES string of the molecule is CCOc1cccc(-c2nc3nc(Cl)c(CS(C)(=O)=O)nc3n2-c2c(OC)cccc2OC)n1. The van der Waals surface area contributed by atoms with Crippen molar-refractivity contribution >= 4 is 32.7 Å². The molecule has 0 fully saturated rings. The van der Waals surface area contributed by atoms with Gasteiger partial charge in [0.2, 0.25) is 5.88 Å². The molecule has 0 saturated heterocycles. The van der Waals surface area contributed by atoms with E-state index in [-0.39, 0.29) is 27.9 Å². The van der Waals surface area contributed by atoms with Crippen LogP contribution >= 0.6 is 11.6 Å². The number of fused-ring (bicyclic) bond motifs is 1. The molecule has 0 saturated carbocycles. The van der Waals surface area contributed by atoms with Crippen LogP contribution in [0.15, 0.2) is 36.4 Å². The number of hydrogen-bond donors (Lipinski definition) is 0. The number of aromatic nitrogens is 5. The van der Waals surface area contributed by atoms with E-state index >= 15 is 0 Å². The third-order valence-corrected chi connectivity index (χ3v) is 5.89. The van der Waals surface area contributed by atoms with Crippen molar-refractivity contribution in [3.8, 4) is 34.6 Å². The number of imidazole rings is 1. The van der Waals surface area contributed by atoms with Gasteiger partial charge in [-0.15, -0.1) is 0 Å². The second kappa shape index (κ2) is 9.43. The van der Waals surface area contributed by atoms with Gasteiger partial charge in [-0.1, -0.05) is 23.7 Å². The van der Waals surface area contributed by atoms with Crippen LogP contribution < -0.4 is 14.2 Å². The number of ether oxygens (including phenoxy) is 3. The molecule has 34 heavy (non-hydrogen) atoms. The second-order valence-electron chi connectivity index (χ2n) is 7.25. The summed E-state index contributed by atoms with van der Waals surface area (Å²) in [5, 5.41) is -0.0443.